The van der Waals surface area contributed by atoms with Crippen molar-refractivity contribution in [1.29, 1.82) is 0 Å². The molecule has 0 radical (unpaired) electrons. The van der Waals surface area contributed by atoms with Crippen LogP contribution in [0.2, 0.25) is 0 Å². The van der Waals surface area contributed by atoms with Gasteiger partial charge in [-0.25, -0.2) is 13.1 Å². The number of aromatic amines is 1. The minimum atomic E-state index is -3.57. The molecule has 0 aliphatic carbocycles. The molecule has 2 aromatic heterocycles. The van der Waals surface area contributed by atoms with E-state index in [0.29, 0.717) is 24.5 Å². The summed E-state index contributed by atoms with van der Waals surface area (Å²) in [5, 5.41) is 11.9. The van der Waals surface area contributed by atoms with Crippen LogP contribution in [0, 0.1) is 6.92 Å². The van der Waals surface area contributed by atoms with Crippen LogP contribution in [-0.2, 0) is 23.1 Å². The van der Waals surface area contributed by atoms with E-state index in [2.05, 4.69) is 27.2 Å². The third-order valence-corrected chi connectivity index (χ3v) is 5.45. The summed E-state index contributed by atoms with van der Waals surface area (Å²) in [6, 6.07) is 3.80. The van der Waals surface area contributed by atoms with Gasteiger partial charge in [0, 0.05) is 18.0 Å². The lowest BCUT2D eigenvalue weighted by Gasteiger charge is -2.08. The van der Waals surface area contributed by atoms with E-state index in [1.807, 2.05) is 17.5 Å². The van der Waals surface area contributed by atoms with E-state index < -0.39 is 10.0 Å². The number of aryl methyl sites for hydroxylation is 1. The highest BCUT2D eigenvalue weighted by Gasteiger charge is 2.23. The Morgan fingerprint density at radius 2 is 2.19 bits per heavy atom. The number of H-pyrrole nitrogens is 1. The second-order valence-electron chi connectivity index (χ2n) is 4.71. The zero-order chi connectivity index (χ0) is 15.3. The number of aromatic nitrogens is 2. The smallest absolute Gasteiger partial charge is 0.244 e. The van der Waals surface area contributed by atoms with Gasteiger partial charge in [0.2, 0.25) is 10.0 Å². The van der Waals surface area contributed by atoms with E-state index in [9.17, 15) is 8.42 Å². The van der Waals surface area contributed by atoms with Crippen LogP contribution in [0.4, 0.5) is 0 Å². The van der Waals surface area contributed by atoms with Gasteiger partial charge in [0.1, 0.15) is 4.90 Å². The minimum Gasteiger partial charge on any atom is -0.311 e. The van der Waals surface area contributed by atoms with E-state index in [0.717, 1.165) is 17.8 Å². The molecular formula is C13H20N4O2S2. The number of rotatable bonds is 8. The molecule has 0 atom stereocenters. The lowest BCUT2D eigenvalue weighted by atomic mass is 10.3. The van der Waals surface area contributed by atoms with Gasteiger partial charge in [-0.2, -0.15) is 5.10 Å². The van der Waals surface area contributed by atoms with Gasteiger partial charge in [-0.3, -0.25) is 5.10 Å². The number of hydrogen-bond acceptors (Lipinski definition) is 5. The van der Waals surface area contributed by atoms with Crippen LogP contribution >= 0.6 is 11.3 Å². The number of nitrogens with zero attached hydrogens (tertiary/aromatic N) is 1. The van der Waals surface area contributed by atoms with Crippen molar-refractivity contribution in [3.05, 3.63) is 33.8 Å². The van der Waals surface area contributed by atoms with Crippen LogP contribution in [0.1, 0.15) is 29.6 Å². The monoisotopic (exact) mass is 328 g/mol. The van der Waals surface area contributed by atoms with Gasteiger partial charge < -0.3 is 5.32 Å². The SMILES string of the molecule is CCCNCc1n[nH]c(C)c1S(=O)(=O)NCc1cccs1. The molecule has 0 saturated carbocycles. The van der Waals surface area contributed by atoms with E-state index in [4.69, 9.17) is 0 Å². The Morgan fingerprint density at radius 3 is 2.86 bits per heavy atom. The van der Waals surface area contributed by atoms with Gasteiger partial charge in [0.05, 0.1) is 11.4 Å². The van der Waals surface area contributed by atoms with Gasteiger partial charge in [-0.05, 0) is 31.3 Å². The van der Waals surface area contributed by atoms with E-state index in [1.165, 1.54) is 11.3 Å². The Bertz CT molecular complexity index is 662. The van der Waals surface area contributed by atoms with Crippen molar-refractivity contribution in [3.63, 3.8) is 0 Å². The van der Waals surface area contributed by atoms with Crippen LogP contribution < -0.4 is 10.0 Å². The van der Waals surface area contributed by atoms with Gasteiger partial charge >= 0.3 is 0 Å². The van der Waals surface area contributed by atoms with Crippen molar-refractivity contribution in [2.24, 2.45) is 0 Å². The average molecular weight is 328 g/mol. The third-order valence-electron chi connectivity index (χ3n) is 2.97. The summed E-state index contributed by atoms with van der Waals surface area (Å²) in [6.07, 6.45) is 0.988. The number of nitrogens with one attached hydrogen (secondary N) is 3. The van der Waals surface area contributed by atoms with Crippen molar-refractivity contribution in [2.45, 2.75) is 38.3 Å². The summed E-state index contributed by atoms with van der Waals surface area (Å²) in [4.78, 5) is 1.23. The van der Waals surface area contributed by atoms with Gasteiger partial charge in [-0.1, -0.05) is 13.0 Å². The van der Waals surface area contributed by atoms with Crippen molar-refractivity contribution < 1.29 is 8.42 Å². The van der Waals surface area contributed by atoms with E-state index in [1.54, 1.807) is 6.92 Å². The Morgan fingerprint density at radius 1 is 1.38 bits per heavy atom. The highest BCUT2D eigenvalue weighted by Crippen LogP contribution is 2.18. The molecule has 0 spiro atoms. The molecule has 0 amide bonds. The summed E-state index contributed by atoms with van der Waals surface area (Å²) in [6.45, 7) is 5.34. The molecule has 21 heavy (non-hydrogen) atoms. The molecule has 8 heteroatoms. The lowest BCUT2D eigenvalue weighted by molar-refractivity contribution is 0.577. The molecule has 0 bridgehead atoms. The van der Waals surface area contributed by atoms with Crippen LogP contribution in [0.25, 0.3) is 0 Å². The van der Waals surface area contributed by atoms with E-state index in [-0.39, 0.29) is 4.90 Å². The van der Waals surface area contributed by atoms with E-state index >= 15 is 0 Å². The first-order valence-corrected chi connectivity index (χ1v) is 9.17. The second-order valence-corrected chi connectivity index (χ2v) is 7.44. The molecule has 0 fully saturated rings. The number of sulfonamides is 1. The van der Waals surface area contributed by atoms with Crippen molar-refractivity contribution in [1.82, 2.24) is 20.2 Å². The molecule has 0 aliphatic rings. The molecule has 0 unspecified atom stereocenters. The molecular weight excluding hydrogens is 308 g/mol. The summed E-state index contributed by atoms with van der Waals surface area (Å²) in [5.74, 6) is 0. The predicted octanol–water partition coefficient (Wildman–Crippen LogP) is 1.76. The van der Waals surface area contributed by atoms with Crippen molar-refractivity contribution >= 4 is 21.4 Å². The Kier molecular flexibility index (Phi) is 5.51. The standard InChI is InChI=1S/C13H20N4O2S2/c1-3-6-14-9-12-13(10(2)16-17-12)21(18,19)15-8-11-5-4-7-20-11/h4-5,7,14-15H,3,6,8-9H2,1-2H3,(H,16,17). The van der Waals surface area contributed by atoms with Gasteiger partial charge in [0.15, 0.2) is 0 Å². The van der Waals surface area contributed by atoms with Crippen LogP contribution in [0.15, 0.2) is 22.4 Å². The zero-order valence-electron chi connectivity index (χ0n) is 12.1. The maximum atomic E-state index is 12.5. The maximum absolute atomic E-state index is 12.5. The van der Waals surface area contributed by atoms with Crippen molar-refractivity contribution in [3.8, 4) is 0 Å². The van der Waals surface area contributed by atoms with Crippen molar-refractivity contribution in [2.75, 3.05) is 6.54 Å². The largest absolute Gasteiger partial charge is 0.311 e. The maximum Gasteiger partial charge on any atom is 0.244 e. The molecule has 116 valence electrons. The first kappa shape index (κ1) is 16.2. The highest BCUT2D eigenvalue weighted by molar-refractivity contribution is 7.89. The molecule has 6 nitrogen and oxygen atoms in total. The highest BCUT2D eigenvalue weighted by atomic mass is 32.2. The molecule has 2 rings (SSSR count). The molecule has 3 N–H and O–H groups in total. The first-order valence-electron chi connectivity index (χ1n) is 6.81. The Labute approximate surface area is 129 Å². The summed E-state index contributed by atoms with van der Waals surface area (Å²) in [7, 11) is -3.57. The minimum absolute atomic E-state index is 0.252. The molecule has 0 aromatic carbocycles. The van der Waals surface area contributed by atoms with Crippen LogP contribution in [-0.4, -0.2) is 25.2 Å². The normalized spacial score (nSPS) is 11.9. The predicted molar refractivity (Wildman–Crippen MR) is 83.7 cm³/mol. The van der Waals surface area contributed by atoms with Gasteiger partial charge in [0.25, 0.3) is 0 Å². The first-order chi connectivity index (χ1) is 10.0. The van der Waals surface area contributed by atoms with Crippen LogP contribution in [0.3, 0.4) is 0 Å². The topological polar surface area (TPSA) is 86.9 Å². The lowest BCUT2D eigenvalue weighted by Crippen LogP contribution is -2.25. The zero-order valence-corrected chi connectivity index (χ0v) is 13.8. The summed E-state index contributed by atoms with van der Waals surface area (Å²) < 4.78 is 27.6. The summed E-state index contributed by atoms with van der Waals surface area (Å²) >= 11 is 1.52. The van der Waals surface area contributed by atoms with Crippen LogP contribution in [0.5, 0.6) is 0 Å². The number of thiophene rings is 1. The Balaban J connectivity index is 2.13. The molecule has 2 aromatic rings. The third kappa shape index (κ3) is 4.13. The molecule has 0 aliphatic heterocycles. The summed E-state index contributed by atoms with van der Waals surface area (Å²) in [5.41, 5.74) is 1.08. The quantitative estimate of drug-likeness (QED) is 0.644. The number of hydrogen-bond donors (Lipinski definition) is 3. The fourth-order valence-corrected chi connectivity index (χ4v) is 4.08. The fourth-order valence-electron chi connectivity index (χ4n) is 1.98. The average Bonchev–Trinajstić information content (AvgIpc) is 3.07. The second kappa shape index (κ2) is 7.17. The fraction of sp³-hybridized carbons (Fsp3) is 0.462. The van der Waals surface area contributed by atoms with Gasteiger partial charge in [-0.15, -0.1) is 11.3 Å². The Hall–Kier alpha value is -1.22. The molecule has 0 saturated heterocycles. The molecule has 2 heterocycles.